The largest absolute Gasteiger partial charge is 0.397 e. The average Bonchev–Trinajstić information content (AvgIpc) is 3.48. The van der Waals surface area contributed by atoms with Gasteiger partial charge in [0.05, 0.1) is 5.69 Å². The molecule has 2 aliphatic heterocycles. The molecule has 0 bridgehead atoms. The van der Waals surface area contributed by atoms with Crippen LogP contribution in [-0.4, -0.2) is 47.6 Å². The lowest BCUT2D eigenvalue weighted by molar-refractivity contribution is 0.0938. The number of aromatic nitrogens is 2. The number of nitrogens with one attached hydrogen (secondary N) is 2. The summed E-state index contributed by atoms with van der Waals surface area (Å²) >= 11 is 1.33. The van der Waals surface area contributed by atoms with Crippen LogP contribution in [0, 0.1) is 25.6 Å². The number of thiophene rings is 1. The first-order valence-corrected chi connectivity index (χ1v) is 12.8. The van der Waals surface area contributed by atoms with Crippen LogP contribution in [0.15, 0.2) is 12.1 Å². The number of nitrogens with zero attached hydrogens (tertiary/aromatic N) is 3. The van der Waals surface area contributed by atoms with Crippen molar-refractivity contribution >= 4 is 39.0 Å². The molecule has 5 heterocycles. The molecule has 1 aliphatic carbocycles. The predicted molar refractivity (Wildman–Crippen MR) is 133 cm³/mol. The fraction of sp³-hybridized carbons (Fsp3) is 0.480. The van der Waals surface area contributed by atoms with Crippen molar-refractivity contribution in [1.82, 2.24) is 20.6 Å². The van der Waals surface area contributed by atoms with Crippen LogP contribution >= 0.6 is 11.3 Å². The van der Waals surface area contributed by atoms with Gasteiger partial charge in [-0.15, -0.1) is 11.3 Å². The Labute approximate surface area is 202 Å². The number of amides is 1. The molecule has 2 saturated heterocycles. The fourth-order valence-corrected chi connectivity index (χ4v) is 7.07. The van der Waals surface area contributed by atoms with Crippen molar-refractivity contribution in [2.45, 2.75) is 51.6 Å². The van der Waals surface area contributed by atoms with Gasteiger partial charge in [0.25, 0.3) is 5.91 Å². The second-order valence-electron chi connectivity index (χ2n) is 9.89. The van der Waals surface area contributed by atoms with E-state index in [0.717, 1.165) is 71.6 Å². The Hall–Kier alpha value is -2.78. The number of nitrogen functional groups attached to an aromatic ring is 1. The molecule has 178 valence electrons. The number of halogens is 1. The molecule has 9 heteroatoms. The summed E-state index contributed by atoms with van der Waals surface area (Å²) in [6.45, 7) is 6.69. The van der Waals surface area contributed by atoms with E-state index in [-0.39, 0.29) is 17.8 Å². The molecule has 0 aromatic carbocycles. The van der Waals surface area contributed by atoms with Crippen LogP contribution in [-0.2, 0) is 12.8 Å². The molecule has 0 saturated carbocycles. The van der Waals surface area contributed by atoms with E-state index < -0.39 is 0 Å². The minimum absolute atomic E-state index is 0.0809. The van der Waals surface area contributed by atoms with Gasteiger partial charge in [-0.25, -0.2) is 14.4 Å². The van der Waals surface area contributed by atoms with Crippen LogP contribution < -0.4 is 21.3 Å². The zero-order chi connectivity index (χ0) is 23.6. The molecule has 3 unspecified atom stereocenters. The SMILES string of the molecule is Cc1cc(C)c2c(N)c(C(=O)NC3CCc4nc(N5CCC6CNCC65)c(F)cc4C3)sc2n1. The Kier molecular flexibility index (Phi) is 5.22. The monoisotopic (exact) mass is 480 g/mol. The van der Waals surface area contributed by atoms with E-state index in [1.807, 2.05) is 19.9 Å². The standard InChI is InChI=1S/C25H29FN6OS/c1-12-7-13(2)29-25-20(12)21(27)22(34-25)24(33)30-16-3-4-18-15(8-16)9-17(26)23(31-18)32-6-5-14-10-28-11-19(14)32/h7,9,14,16,19,28H,3-6,8,10-11,27H2,1-2H3,(H,30,33). The van der Waals surface area contributed by atoms with Crippen LogP contribution in [0.2, 0.25) is 0 Å². The second kappa shape index (κ2) is 8.16. The minimum atomic E-state index is -0.260. The second-order valence-corrected chi connectivity index (χ2v) is 10.9. The molecule has 3 atom stereocenters. The summed E-state index contributed by atoms with van der Waals surface area (Å²) in [6.07, 6.45) is 3.14. The molecule has 34 heavy (non-hydrogen) atoms. The van der Waals surface area contributed by atoms with Crippen LogP contribution in [0.1, 0.15) is 45.0 Å². The Balaban J connectivity index is 1.20. The van der Waals surface area contributed by atoms with Gasteiger partial charge in [0.1, 0.15) is 9.71 Å². The molecule has 1 amide bonds. The predicted octanol–water partition coefficient (Wildman–Crippen LogP) is 3.11. The lowest BCUT2D eigenvalue weighted by atomic mass is 9.91. The highest BCUT2D eigenvalue weighted by molar-refractivity contribution is 7.21. The van der Waals surface area contributed by atoms with Gasteiger partial charge in [-0.3, -0.25) is 4.79 Å². The number of pyridine rings is 2. The van der Waals surface area contributed by atoms with Gasteiger partial charge >= 0.3 is 0 Å². The zero-order valence-corrected chi connectivity index (χ0v) is 20.3. The number of anilines is 2. The molecule has 6 rings (SSSR count). The first-order valence-electron chi connectivity index (χ1n) is 12.0. The van der Waals surface area contributed by atoms with Crippen LogP contribution in [0.3, 0.4) is 0 Å². The van der Waals surface area contributed by atoms with Gasteiger partial charge in [-0.2, -0.15) is 0 Å². The average molecular weight is 481 g/mol. The number of carbonyl (C=O) groups is 1. The Bertz CT molecular complexity index is 1310. The van der Waals surface area contributed by atoms with Gasteiger partial charge in [0.15, 0.2) is 11.6 Å². The third-order valence-electron chi connectivity index (χ3n) is 7.60. The first kappa shape index (κ1) is 21.7. The smallest absolute Gasteiger partial charge is 0.263 e. The highest BCUT2D eigenvalue weighted by atomic mass is 32.1. The van der Waals surface area contributed by atoms with E-state index in [1.165, 1.54) is 11.3 Å². The van der Waals surface area contributed by atoms with E-state index in [9.17, 15) is 4.79 Å². The highest BCUT2D eigenvalue weighted by Crippen LogP contribution is 2.36. The van der Waals surface area contributed by atoms with Gasteiger partial charge in [0.2, 0.25) is 0 Å². The van der Waals surface area contributed by atoms with Gasteiger partial charge in [-0.05, 0) is 68.7 Å². The van der Waals surface area contributed by atoms with Crippen molar-refractivity contribution in [1.29, 1.82) is 0 Å². The van der Waals surface area contributed by atoms with E-state index in [0.29, 0.717) is 34.8 Å². The first-order chi connectivity index (χ1) is 16.4. The number of rotatable bonds is 3. The molecule has 3 aliphatic rings. The van der Waals surface area contributed by atoms with Crippen molar-refractivity contribution in [2.75, 3.05) is 30.3 Å². The van der Waals surface area contributed by atoms with Crippen molar-refractivity contribution in [3.05, 3.63) is 45.3 Å². The third kappa shape index (κ3) is 3.53. The van der Waals surface area contributed by atoms with Crippen LogP contribution in [0.4, 0.5) is 15.9 Å². The molecular formula is C25H29FN6OS. The van der Waals surface area contributed by atoms with Crippen molar-refractivity contribution in [2.24, 2.45) is 5.92 Å². The van der Waals surface area contributed by atoms with Crippen molar-refractivity contribution in [3.63, 3.8) is 0 Å². The maximum absolute atomic E-state index is 15.1. The molecule has 3 aromatic rings. The molecule has 4 N–H and O–H groups in total. The quantitative estimate of drug-likeness (QED) is 0.533. The van der Waals surface area contributed by atoms with Crippen molar-refractivity contribution < 1.29 is 9.18 Å². The highest BCUT2D eigenvalue weighted by Gasteiger charge is 2.39. The maximum Gasteiger partial charge on any atom is 0.263 e. The number of carbonyl (C=O) groups excluding carboxylic acids is 1. The number of hydrogen-bond donors (Lipinski definition) is 3. The van der Waals surface area contributed by atoms with Gasteiger partial charge in [0, 0.05) is 48.5 Å². The van der Waals surface area contributed by atoms with Crippen LogP contribution in [0.5, 0.6) is 0 Å². The minimum Gasteiger partial charge on any atom is -0.397 e. The third-order valence-corrected chi connectivity index (χ3v) is 8.70. The lowest BCUT2D eigenvalue weighted by Crippen LogP contribution is -2.39. The van der Waals surface area contributed by atoms with Crippen LogP contribution in [0.25, 0.3) is 10.2 Å². The summed E-state index contributed by atoms with van der Waals surface area (Å²) < 4.78 is 15.1. The molecule has 2 fully saturated rings. The molecule has 0 spiro atoms. The number of fused-ring (bicyclic) bond motifs is 3. The number of nitrogens with two attached hydrogens (primary N) is 1. The maximum atomic E-state index is 15.1. The molecule has 7 nitrogen and oxygen atoms in total. The summed E-state index contributed by atoms with van der Waals surface area (Å²) in [5.41, 5.74) is 10.6. The number of hydrogen-bond acceptors (Lipinski definition) is 7. The van der Waals surface area contributed by atoms with E-state index in [4.69, 9.17) is 10.7 Å². The Morgan fingerprint density at radius 1 is 1.26 bits per heavy atom. The fourth-order valence-electron chi connectivity index (χ4n) is 5.95. The number of aryl methyl sites for hydroxylation is 3. The van der Waals surface area contributed by atoms with E-state index in [1.54, 1.807) is 6.07 Å². The van der Waals surface area contributed by atoms with E-state index >= 15 is 4.39 Å². The molecular weight excluding hydrogens is 451 g/mol. The normalized spacial score (nSPS) is 23.9. The summed E-state index contributed by atoms with van der Waals surface area (Å²) in [4.78, 5) is 25.9. The van der Waals surface area contributed by atoms with E-state index in [2.05, 4.69) is 20.5 Å². The zero-order valence-electron chi connectivity index (χ0n) is 19.4. The summed E-state index contributed by atoms with van der Waals surface area (Å²) in [5, 5.41) is 7.40. The lowest BCUT2D eigenvalue weighted by Gasteiger charge is -2.29. The summed E-state index contributed by atoms with van der Waals surface area (Å²) in [6, 6.07) is 3.87. The molecule has 3 aromatic heterocycles. The Morgan fingerprint density at radius 3 is 2.97 bits per heavy atom. The topological polar surface area (TPSA) is 96.2 Å². The van der Waals surface area contributed by atoms with Crippen molar-refractivity contribution in [3.8, 4) is 0 Å². The Morgan fingerprint density at radius 2 is 2.12 bits per heavy atom. The van der Waals surface area contributed by atoms with Gasteiger partial charge < -0.3 is 21.3 Å². The summed E-state index contributed by atoms with van der Waals surface area (Å²) in [5.74, 6) is 0.631. The van der Waals surface area contributed by atoms with Gasteiger partial charge in [-0.1, -0.05) is 0 Å². The molecule has 0 radical (unpaired) electrons. The summed E-state index contributed by atoms with van der Waals surface area (Å²) in [7, 11) is 0.